The lowest BCUT2D eigenvalue weighted by Crippen LogP contribution is -2.27. The largest absolute Gasteiger partial charge is 0.497 e. The van der Waals surface area contributed by atoms with Gasteiger partial charge in [-0.15, -0.1) is 0 Å². The number of carbonyl (C=O) groups is 1. The van der Waals surface area contributed by atoms with E-state index in [-0.39, 0.29) is 5.91 Å². The van der Waals surface area contributed by atoms with Gasteiger partial charge in [-0.3, -0.25) is 9.69 Å². The number of methoxy groups -OCH3 is 2. The van der Waals surface area contributed by atoms with Crippen molar-refractivity contribution in [3.8, 4) is 17.2 Å². The highest BCUT2D eigenvalue weighted by Crippen LogP contribution is 2.39. The Balaban J connectivity index is 1.56. The van der Waals surface area contributed by atoms with Crippen LogP contribution in [0.25, 0.3) is 6.08 Å². The summed E-state index contributed by atoms with van der Waals surface area (Å²) in [6.07, 6.45) is 1.82. The molecule has 0 bridgehead atoms. The number of ether oxygens (including phenoxy) is 3. The Hall–Kier alpha value is -2.27. The number of hydrogen-bond donors (Lipinski definition) is 0. The van der Waals surface area contributed by atoms with Crippen molar-refractivity contribution in [3.05, 3.63) is 85.3 Å². The highest BCUT2D eigenvalue weighted by Gasteiger charge is 2.33. The summed E-state index contributed by atoms with van der Waals surface area (Å²) in [7, 11) is 3.19. The maximum atomic E-state index is 13.1. The number of halogens is 2. The smallest absolute Gasteiger partial charge is 0.270 e. The van der Waals surface area contributed by atoms with E-state index in [2.05, 4.69) is 22.6 Å². The number of nitrogens with zero attached hydrogens (tertiary/aromatic N) is 1. The number of anilines is 1. The first-order chi connectivity index (χ1) is 16.4. The molecule has 9 heteroatoms. The van der Waals surface area contributed by atoms with Crippen LogP contribution in [0, 0.1) is 3.57 Å². The number of rotatable bonds is 7. The van der Waals surface area contributed by atoms with Gasteiger partial charge in [-0.1, -0.05) is 47.7 Å². The predicted octanol–water partition coefficient (Wildman–Crippen LogP) is 6.95. The van der Waals surface area contributed by atoms with Gasteiger partial charge in [0.2, 0.25) is 0 Å². The molecular formula is C25H19ClINO4S2. The molecule has 0 saturated carbocycles. The second kappa shape index (κ2) is 11.0. The monoisotopic (exact) mass is 623 g/mol. The van der Waals surface area contributed by atoms with Gasteiger partial charge < -0.3 is 14.2 Å². The Labute approximate surface area is 226 Å². The molecule has 0 aliphatic carbocycles. The topological polar surface area (TPSA) is 48.0 Å². The fourth-order valence-corrected chi connectivity index (χ4v) is 5.48. The van der Waals surface area contributed by atoms with E-state index in [1.807, 2.05) is 54.6 Å². The quantitative estimate of drug-likeness (QED) is 0.161. The lowest BCUT2D eigenvalue weighted by atomic mass is 10.1. The first kappa shape index (κ1) is 24.8. The number of hydrogen-bond acceptors (Lipinski definition) is 6. The Kier molecular flexibility index (Phi) is 8.02. The zero-order valence-electron chi connectivity index (χ0n) is 18.2. The summed E-state index contributed by atoms with van der Waals surface area (Å²) in [6.45, 7) is 0.378. The van der Waals surface area contributed by atoms with Gasteiger partial charge >= 0.3 is 0 Å². The van der Waals surface area contributed by atoms with E-state index in [1.165, 1.54) is 16.7 Å². The first-order valence-corrected chi connectivity index (χ1v) is 12.7. The number of thiocarbonyl (C=S) groups is 1. The highest BCUT2D eigenvalue weighted by molar-refractivity contribution is 14.1. The van der Waals surface area contributed by atoms with Crippen molar-refractivity contribution in [1.82, 2.24) is 0 Å². The van der Waals surface area contributed by atoms with Crippen molar-refractivity contribution in [2.45, 2.75) is 6.61 Å². The van der Waals surface area contributed by atoms with Gasteiger partial charge in [0.05, 0.1) is 28.4 Å². The maximum Gasteiger partial charge on any atom is 0.270 e. The minimum absolute atomic E-state index is 0.169. The lowest BCUT2D eigenvalue weighted by Gasteiger charge is -2.15. The van der Waals surface area contributed by atoms with Crippen molar-refractivity contribution < 1.29 is 19.0 Å². The van der Waals surface area contributed by atoms with Crippen molar-refractivity contribution in [2.75, 3.05) is 19.1 Å². The molecule has 1 fully saturated rings. The molecule has 4 rings (SSSR count). The van der Waals surface area contributed by atoms with E-state index in [0.717, 1.165) is 14.7 Å². The molecule has 3 aromatic rings. The second-order valence-corrected chi connectivity index (χ2v) is 10.4. The van der Waals surface area contributed by atoms with Gasteiger partial charge in [0, 0.05) is 5.02 Å². The molecular weight excluding hydrogens is 605 g/mol. The van der Waals surface area contributed by atoms with Crippen LogP contribution in [0.1, 0.15) is 11.1 Å². The van der Waals surface area contributed by atoms with Crippen LogP contribution in [0.3, 0.4) is 0 Å². The Morgan fingerprint density at radius 2 is 1.76 bits per heavy atom. The maximum absolute atomic E-state index is 13.1. The number of benzene rings is 3. The molecule has 1 saturated heterocycles. The average molecular weight is 624 g/mol. The van der Waals surface area contributed by atoms with Crippen LogP contribution in [0.5, 0.6) is 17.2 Å². The van der Waals surface area contributed by atoms with E-state index < -0.39 is 0 Å². The highest BCUT2D eigenvalue weighted by atomic mass is 127. The number of thioether (sulfide) groups is 1. The van der Waals surface area contributed by atoms with Crippen LogP contribution in [0.15, 0.2) is 65.6 Å². The third kappa shape index (κ3) is 5.51. The Morgan fingerprint density at radius 1 is 1.06 bits per heavy atom. The first-order valence-electron chi connectivity index (χ1n) is 10.1. The predicted molar refractivity (Wildman–Crippen MR) is 150 cm³/mol. The van der Waals surface area contributed by atoms with Crippen molar-refractivity contribution >= 4 is 80.2 Å². The van der Waals surface area contributed by atoms with Gasteiger partial charge in [-0.25, -0.2) is 0 Å². The molecule has 1 aliphatic heterocycles. The summed E-state index contributed by atoms with van der Waals surface area (Å²) >= 11 is 14.9. The van der Waals surface area contributed by atoms with Crippen LogP contribution < -0.4 is 19.1 Å². The number of amides is 1. The minimum Gasteiger partial charge on any atom is -0.497 e. The third-order valence-corrected chi connectivity index (χ3v) is 7.33. The van der Waals surface area contributed by atoms with Crippen LogP contribution in [-0.4, -0.2) is 24.4 Å². The average Bonchev–Trinajstić information content (AvgIpc) is 3.11. The fraction of sp³-hybridized carbons (Fsp3) is 0.120. The normalized spacial score (nSPS) is 14.6. The molecule has 1 amide bonds. The third-order valence-electron chi connectivity index (χ3n) is 4.97. The molecule has 0 spiro atoms. The van der Waals surface area contributed by atoms with Gasteiger partial charge in [-0.2, -0.15) is 0 Å². The molecule has 0 unspecified atom stereocenters. The zero-order valence-corrected chi connectivity index (χ0v) is 22.8. The van der Waals surface area contributed by atoms with E-state index >= 15 is 0 Å². The fourth-order valence-electron chi connectivity index (χ4n) is 3.27. The summed E-state index contributed by atoms with van der Waals surface area (Å²) in [6, 6.07) is 18.5. The van der Waals surface area contributed by atoms with Gasteiger partial charge in [0.25, 0.3) is 5.91 Å². The molecule has 34 heavy (non-hydrogen) atoms. The van der Waals surface area contributed by atoms with E-state index in [0.29, 0.717) is 43.8 Å². The molecule has 0 N–H and O–H groups in total. The molecule has 1 heterocycles. The van der Waals surface area contributed by atoms with Crippen LogP contribution in [-0.2, 0) is 11.4 Å². The molecule has 0 atom stereocenters. The minimum atomic E-state index is -0.169. The lowest BCUT2D eigenvalue weighted by molar-refractivity contribution is -0.113. The molecule has 0 aromatic heterocycles. The van der Waals surface area contributed by atoms with Crippen LogP contribution in [0.4, 0.5) is 5.69 Å². The van der Waals surface area contributed by atoms with Gasteiger partial charge in [0.15, 0.2) is 15.8 Å². The standard InChI is InChI=1S/C25H19ClINO4S2/c1-30-19-9-7-18(8-10-19)28-24(29)22(34-25(28)33)13-16-11-20(27)23(21(12-16)31-2)32-14-15-3-5-17(26)6-4-15/h3-13H,14H2,1-2H3/b22-13-. The van der Waals surface area contributed by atoms with Crippen LogP contribution >= 0.6 is 58.2 Å². The van der Waals surface area contributed by atoms with Crippen LogP contribution in [0.2, 0.25) is 5.02 Å². The Bertz CT molecular complexity index is 1260. The van der Waals surface area contributed by atoms with E-state index in [9.17, 15) is 4.79 Å². The van der Waals surface area contributed by atoms with E-state index in [4.69, 9.17) is 38.0 Å². The molecule has 174 valence electrons. The number of carbonyl (C=O) groups excluding carboxylic acids is 1. The van der Waals surface area contributed by atoms with E-state index in [1.54, 1.807) is 26.4 Å². The van der Waals surface area contributed by atoms with Crippen molar-refractivity contribution in [1.29, 1.82) is 0 Å². The van der Waals surface area contributed by atoms with Gasteiger partial charge in [-0.05, 0) is 88.3 Å². The molecule has 3 aromatic carbocycles. The van der Waals surface area contributed by atoms with Gasteiger partial charge in [0.1, 0.15) is 12.4 Å². The summed E-state index contributed by atoms with van der Waals surface area (Å²) in [5, 5.41) is 0.678. The summed E-state index contributed by atoms with van der Waals surface area (Å²) < 4.78 is 18.1. The summed E-state index contributed by atoms with van der Waals surface area (Å²) in [5.41, 5.74) is 2.51. The van der Waals surface area contributed by atoms with Crippen molar-refractivity contribution in [3.63, 3.8) is 0 Å². The molecule has 0 radical (unpaired) electrons. The van der Waals surface area contributed by atoms with Crippen molar-refractivity contribution in [2.24, 2.45) is 0 Å². The Morgan fingerprint density at radius 3 is 2.41 bits per heavy atom. The molecule has 5 nitrogen and oxygen atoms in total. The summed E-state index contributed by atoms with van der Waals surface area (Å²) in [4.78, 5) is 15.2. The molecule has 1 aliphatic rings. The SMILES string of the molecule is COc1ccc(N2C(=O)/C(=C/c3cc(I)c(OCc4ccc(Cl)cc4)c(OC)c3)SC2=S)cc1. The second-order valence-electron chi connectivity index (χ2n) is 7.16. The summed E-state index contributed by atoms with van der Waals surface area (Å²) in [5.74, 6) is 1.76. The zero-order chi connectivity index (χ0) is 24.2.